The molecule has 0 spiro atoms. The second-order valence-corrected chi connectivity index (χ2v) is 3.48. The summed E-state index contributed by atoms with van der Waals surface area (Å²) in [5.41, 5.74) is -1.73. The SMILES string of the molecule is CC1(CNC(=O)C(=N)C=N)NC(=O)NC1=O. The molecule has 1 saturated heterocycles. The second kappa shape index (κ2) is 4.09. The fourth-order valence-electron chi connectivity index (χ4n) is 1.12. The van der Waals surface area contributed by atoms with Crippen molar-refractivity contribution in [2.24, 2.45) is 0 Å². The maximum atomic E-state index is 11.3. The average Bonchev–Trinajstić information content (AvgIpc) is 2.48. The van der Waals surface area contributed by atoms with Gasteiger partial charge in [0.05, 0.1) is 0 Å². The van der Waals surface area contributed by atoms with Crippen molar-refractivity contribution in [1.82, 2.24) is 16.0 Å². The Morgan fingerprint density at radius 1 is 1.56 bits per heavy atom. The highest BCUT2D eigenvalue weighted by Crippen LogP contribution is 2.07. The molecule has 0 aliphatic carbocycles. The van der Waals surface area contributed by atoms with Gasteiger partial charge in [0.25, 0.3) is 11.8 Å². The molecule has 8 heteroatoms. The maximum Gasteiger partial charge on any atom is 0.322 e. The molecule has 1 atom stereocenters. The molecule has 0 aromatic rings. The van der Waals surface area contributed by atoms with Crippen molar-refractivity contribution in [2.45, 2.75) is 12.5 Å². The molecule has 16 heavy (non-hydrogen) atoms. The number of carbonyl (C=O) groups is 3. The normalized spacial score (nSPS) is 23.3. The number of hydrogen-bond acceptors (Lipinski definition) is 5. The van der Waals surface area contributed by atoms with Gasteiger partial charge in [-0.1, -0.05) is 0 Å². The van der Waals surface area contributed by atoms with Crippen molar-refractivity contribution in [3.8, 4) is 0 Å². The van der Waals surface area contributed by atoms with Crippen molar-refractivity contribution in [1.29, 1.82) is 10.8 Å². The van der Waals surface area contributed by atoms with Crippen LogP contribution in [0.25, 0.3) is 0 Å². The Bertz CT molecular complexity index is 391. The van der Waals surface area contributed by atoms with Gasteiger partial charge in [-0.25, -0.2) is 4.79 Å². The molecule has 1 heterocycles. The van der Waals surface area contributed by atoms with E-state index in [1.165, 1.54) is 6.92 Å². The smallest absolute Gasteiger partial charge is 0.322 e. The van der Waals surface area contributed by atoms with Gasteiger partial charge >= 0.3 is 6.03 Å². The van der Waals surface area contributed by atoms with Crippen LogP contribution in [0.2, 0.25) is 0 Å². The van der Waals surface area contributed by atoms with E-state index in [0.717, 1.165) is 0 Å². The molecule has 0 aromatic carbocycles. The molecule has 0 saturated carbocycles. The summed E-state index contributed by atoms with van der Waals surface area (Å²) in [6.45, 7) is 1.31. The minimum absolute atomic E-state index is 0.139. The lowest BCUT2D eigenvalue weighted by atomic mass is 10.0. The molecule has 0 bridgehead atoms. The third-order valence-corrected chi connectivity index (χ3v) is 2.11. The van der Waals surface area contributed by atoms with Crippen molar-refractivity contribution in [2.75, 3.05) is 6.54 Å². The van der Waals surface area contributed by atoms with Gasteiger partial charge in [-0.2, -0.15) is 0 Å². The summed E-state index contributed by atoms with van der Waals surface area (Å²) in [5.74, 6) is -1.32. The van der Waals surface area contributed by atoms with E-state index < -0.39 is 29.1 Å². The first kappa shape index (κ1) is 11.8. The number of nitrogens with one attached hydrogen (secondary N) is 5. The predicted octanol–water partition coefficient (Wildman–Crippen LogP) is -1.63. The van der Waals surface area contributed by atoms with Gasteiger partial charge in [0, 0.05) is 12.8 Å². The van der Waals surface area contributed by atoms with Crippen molar-refractivity contribution in [3.63, 3.8) is 0 Å². The summed E-state index contributed by atoms with van der Waals surface area (Å²) in [6, 6.07) is -0.621. The number of carbonyl (C=O) groups excluding carboxylic acids is 3. The molecule has 1 fully saturated rings. The number of rotatable bonds is 4. The standard InChI is InChI=1S/C8H11N5O3/c1-8(6(15)12-7(16)13-8)3-11-5(14)4(10)2-9/h2,9-10H,3H2,1H3,(H,11,14)(H2,12,13,15,16). The highest BCUT2D eigenvalue weighted by Gasteiger charge is 2.42. The van der Waals surface area contributed by atoms with Crippen LogP contribution in [-0.4, -0.2) is 41.9 Å². The highest BCUT2D eigenvalue weighted by atomic mass is 16.2. The topological polar surface area (TPSA) is 135 Å². The molecule has 1 aliphatic heterocycles. The van der Waals surface area contributed by atoms with Crippen LogP contribution in [0.1, 0.15) is 6.92 Å². The van der Waals surface area contributed by atoms with E-state index in [9.17, 15) is 14.4 Å². The highest BCUT2D eigenvalue weighted by molar-refractivity contribution is 6.59. The zero-order valence-corrected chi connectivity index (χ0v) is 8.51. The van der Waals surface area contributed by atoms with Crippen LogP contribution in [0.3, 0.4) is 0 Å². The van der Waals surface area contributed by atoms with E-state index in [1.807, 2.05) is 5.32 Å². The zero-order chi connectivity index (χ0) is 12.3. The quantitative estimate of drug-likeness (QED) is 0.290. The van der Waals surface area contributed by atoms with E-state index in [4.69, 9.17) is 10.8 Å². The van der Waals surface area contributed by atoms with Gasteiger partial charge in [-0.3, -0.25) is 20.3 Å². The summed E-state index contributed by atoms with van der Waals surface area (Å²) in [6.07, 6.45) is 0.588. The number of urea groups is 1. The Morgan fingerprint density at radius 2 is 2.19 bits per heavy atom. The average molecular weight is 225 g/mol. The minimum atomic E-state index is -1.21. The van der Waals surface area contributed by atoms with E-state index in [-0.39, 0.29) is 6.54 Å². The van der Waals surface area contributed by atoms with E-state index in [2.05, 4.69) is 10.6 Å². The van der Waals surface area contributed by atoms with Gasteiger partial charge in [-0.05, 0) is 6.92 Å². The van der Waals surface area contributed by atoms with Gasteiger partial charge in [0.15, 0.2) is 0 Å². The maximum absolute atomic E-state index is 11.3. The van der Waals surface area contributed by atoms with Gasteiger partial charge in [-0.15, -0.1) is 0 Å². The van der Waals surface area contributed by atoms with Gasteiger partial charge in [0.1, 0.15) is 11.3 Å². The minimum Gasteiger partial charge on any atom is -0.348 e. The molecular weight excluding hydrogens is 214 g/mol. The van der Waals surface area contributed by atoms with Crippen LogP contribution in [0.4, 0.5) is 4.79 Å². The third kappa shape index (κ3) is 2.22. The Kier molecular flexibility index (Phi) is 3.02. The lowest BCUT2D eigenvalue weighted by Gasteiger charge is -2.20. The lowest BCUT2D eigenvalue weighted by Crippen LogP contribution is -2.53. The molecule has 1 rings (SSSR count). The molecular formula is C8H11N5O3. The third-order valence-electron chi connectivity index (χ3n) is 2.11. The second-order valence-electron chi connectivity index (χ2n) is 3.48. The van der Waals surface area contributed by atoms with E-state index >= 15 is 0 Å². The van der Waals surface area contributed by atoms with Crippen LogP contribution in [0.5, 0.6) is 0 Å². The zero-order valence-electron chi connectivity index (χ0n) is 8.51. The van der Waals surface area contributed by atoms with Crippen molar-refractivity contribution >= 4 is 29.8 Å². The van der Waals surface area contributed by atoms with Gasteiger partial charge < -0.3 is 16.0 Å². The molecule has 1 aliphatic rings. The molecule has 8 nitrogen and oxygen atoms in total. The van der Waals surface area contributed by atoms with Crippen molar-refractivity contribution in [3.05, 3.63) is 0 Å². The Balaban J connectivity index is 2.58. The Morgan fingerprint density at radius 3 is 2.62 bits per heavy atom. The van der Waals surface area contributed by atoms with Crippen molar-refractivity contribution < 1.29 is 14.4 Å². The fourth-order valence-corrected chi connectivity index (χ4v) is 1.12. The summed E-state index contributed by atoms with van der Waals surface area (Å²) in [5, 5.41) is 20.4. The van der Waals surface area contributed by atoms with Crippen LogP contribution in [-0.2, 0) is 9.59 Å². The monoisotopic (exact) mass is 225 g/mol. The summed E-state index contributed by atoms with van der Waals surface area (Å²) in [4.78, 5) is 33.3. The molecule has 86 valence electrons. The number of amides is 4. The van der Waals surface area contributed by atoms with Gasteiger partial charge in [0.2, 0.25) is 0 Å². The number of imide groups is 1. The van der Waals surface area contributed by atoms with Crippen LogP contribution in [0.15, 0.2) is 0 Å². The molecule has 0 aromatic heterocycles. The van der Waals surface area contributed by atoms with Crippen LogP contribution >= 0.6 is 0 Å². The first-order valence-corrected chi connectivity index (χ1v) is 4.40. The van der Waals surface area contributed by atoms with Crippen LogP contribution < -0.4 is 16.0 Å². The molecule has 0 radical (unpaired) electrons. The summed E-state index contributed by atoms with van der Waals surface area (Å²) < 4.78 is 0. The summed E-state index contributed by atoms with van der Waals surface area (Å²) >= 11 is 0. The lowest BCUT2D eigenvalue weighted by molar-refractivity contribution is -0.123. The summed E-state index contributed by atoms with van der Waals surface area (Å²) in [7, 11) is 0. The Hall–Kier alpha value is -2.25. The Labute approximate surface area is 90.8 Å². The first-order valence-electron chi connectivity index (χ1n) is 4.40. The molecule has 4 amide bonds. The number of hydrogen-bond donors (Lipinski definition) is 5. The van der Waals surface area contributed by atoms with E-state index in [0.29, 0.717) is 6.21 Å². The van der Waals surface area contributed by atoms with Crippen LogP contribution in [0, 0.1) is 10.8 Å². The first-order chi connectivity index (χ1) is 7.39. The molecule has 5 N–H and O–H groups in total. The predicted molar refractivity (Wildman–Crippen MR) is 54.6 cm³/mol. The molecule has 1 unspecified atom stereocenters. The largest absolute Gasteiger partial charge is 0.348 e. The van der Waals surface area contributed by atoms with E-state index in [1.54, 1.807) is 0 Å². The fraction of sp³-hybridized carbons (Fsp3) is 0.375.